The van der Waals surface area contributed by atoms with Gasteiger partial charge in [0.25, 0.3) is 0 Å². The Bertz CT molecular complexity index is 298. The van der Waals surface area contributed by atoms with E-state index in [2.05, 4.69) is 28.4 Å². The quantitative estimate of drug-likeness (QED) is 0.666. The second-order valence-corrected chi connectivity index (χ2v) is 2.77. The zero-order valence-corrected chi connectivity index (χ0v) is 6.73. The molecule has 3 heteroatoms. The van der Waals surface area contributed by atoms with Crippen molar-refractivity contribution in [1.29, 1.82) is 0 Å². The first-order chi connectivity index (χ1) is 5.95. The van der Waals surface area contributed by atoms with Crippen LogP contribution in [0.2, 0.25) is 0 Å². The van der Waals surface area contributed by atoms with Crippen molar-refractivity contribution in [2.24, 2.45) is 0 Å². The first-order valence-corrected chi connectivity index (χ1v) is 4.06. The van der Waals surface area contributed by atoms with Gasteiger partial charge in [-0.3, -0.25) is 0 Å². The van der Waals surface area contributed by atoms with Crippen LogP contribution in [0, 0.1) is 0 Å². The molecule has 1 aliphatic carbocycles. The molecule has 62 valence electrons. The van der Waals surface area contributed by atoms with Crippen LogP contribution >= 0.6 is 0 Å². The van der Waals surface area contributed by atoms with E-state index in [0.29, 0.717) is 5.89 Å². The highest BCUT2D eigenvalue weighted by Crippen LogP contribution is 2.13. The Morgan fingerprint density at radius 2 is 2.42 bits per heavy atom. The van der Waals surface area contributed by atoms with Crippen molar-refractivity contribution in [1.82, 2.24) is 10.2 Å². The van der Waals surface area contributed by atoms with Crippen molar-refractivity contribution in [3.63, 3.8) is 0 Å². The first kappa shape index (κ1) is 7.28. The molecule has 1 aromatic heterocycles. The van der Waals surface area contributed by atoms with Gasteiger partial charge in [-0.05, 0) is 18.4 Å². The van der Waals surface area contributed by atoms with E-state index in [1.54, 1.807) is 0 Å². The largest absolute Gasteiger partial charge is 0.428 e. The van der Waals surface area contributed by atoms with Crippen molar-refractivity contribution in [2.45, 2.75) is 19.3 Å². The summed E-state index contributed by atoms with van der Waals surface area (Å²) in [6.45, 7) is 0. The third-order valence-electron chi connectivity index (χ3n) is 1.83. The molecular formula is C9H10N2O. The van der Waals surface area contributed by atoms with Gasteiger partial charge in [0.05, 0.1) is 6.42 Å². The molecule has 0 atom stereocenters. The lowest BCUT2D eigenvalue weighted by molar-refractivity contribution is 0.504. The molecule has 0 aromatic carbocycles. The minimum Gasteiger partial charge on any atom is -0.428 e. The number of hydrogen-bond acceptors (Lipinski definition) is 3. The first-order valence-electron chi connectivity index (χ1n) is 4.06. The molecule has 0 aliphatic heterocycles. The van der Waals surface area contributed by atoms with Gasteiger partial charge in [0, 0.05) is 0 Å². The number of rotatable bonds is 2. The highest BCUT2D eigenvalue weighted by Gasteiger charge is 2.02. The Morgan fingerprint density at radius 3 is 3.08 bits per heavy atom. The highest BCUT2D eigenvalue weighted by atomic mass is 16.4. The van der Waals surface area contributed by atoms with Gasteiger partial charge in [-0.1, -0.05) is 18.2 Å². The minimum atomic E-state index is 0.688. The van der Waals surface area contributed by atoms with Crippen LogP contribution in [0.1, 0.15) is 18.7 Å². The summed E-state index contributed by atoms with van der Waals surface area (Å²) in [5.74, 6) is 0.688. The van der Waals surface area contributed by atoms with Gasteiger partial charge in [0.15, 0.2) is 0 Å². The van der Waals surface area contributed by atoms with Crippen LogP contribution in [0.3, 0.4) is 0 Å². The molecule has 0 N–H and O–H groups in total. The molecule has 1 heterocycles. The molecule has 0 spiro atoms. The predicted octanol–water partition coefficient (Wildman–Crippen LogP) is 1.89. The smallest absolute Gasteiger partial charge is 0.220 e. The van der Waals surface area contributed by atoms with Crippen LogP contribution < -0.4 is 0 Å². The average molecular weight is 162 g/mol. The number of allylic oxidation sites excluding steroid dienone is 4. The van der Waals surface area contributed by atoms with E-state index >= 15 is 0 Å². The fourth-order valence-corrected chi connectivity index (χ4v) is 1.25. The molecule has 3 nitrogen and oxygen atoms in total. The van der Waals surface area contributed by atoms with Crippen LogP contribution in [0.5, 0.6) is 0 Å². The van der Waals surface area contributed by atoms with E-state index in [1.807, 2.05) is 0 Å². The molecule has 2 rings (SSSR count). The van der Waals surface area contributed by atoms with Gasteiger partial charge in [0.1, 0.15) is 0 Å². The van der Waals surface area contributed by atoms with Crippen molar-refractivity contribution in [3.05, 3.63) is 36.1 Å². The van der Waals surface area contributed by atoms with Crippen molar-refractivity contribution >= 4 is 0 Å². The fourth-order valence-electron chi connectivity index (χ4n) is 1.25. The molecule has 12 heavy (non-hydrogen) atoms. The Balaban J connectivity index is 2.04. The Morgan fingerprint density at radius 1 is 1.42 bits per heavy atom. The zero-order chi connectivity index (χ0) is 8.23. The lowest BCUT2D eigenvalue weighted by Crippen LogP contribution is -1.91. The number of hydrogen-bond donors (Lipinski definition) is 0. The third kappa shape index (κ3) is 1.61. The van der Waals surface area contributed by atoms with E-state index in [0.717, 1.165) is 19.3 Å². The molecule has 0 saturated heterocycles. The summed E-state index contributed by atoms with van der Waals surface area (Å²) < 4.78 is 5.04. The zero-order valence-electron chi connectivity index (χ0n) is 6.73. The van der Waals surface area contributed by atoms with E-state index in [9.17, 15) is 0 Å². The fraction of sp³-hybridized carbons (Fsp3) is 0.333. The standard InChI is InChI=1S/C9H10N2O/c1-2-4-8(5-3-1)6-9-11-10-7-12-9/h2,4-5,7H,1,3,6H2. The molecule has 0 amide bonds. The van der Waals surface area contributed by atoms with Crippen molar-refractivity contribution in [2.75, 3.05) is 0 Å². The normalized spacial score (nSPS) is 16.2. The molecule has 0 unspecified atom stereocenters. The summed E-state index contributed by atoms with van der Waals surface area (Å²) in [7, 11) is 0. The van der Waals surface area contributed by atoms with Crippen molar-refractivity contribution in [3.8, 4) is 0 Å². The van der Waals surface area contributed by atoms with Crippen LogP contribution in [0.4, 0.5) is 0 Å². The van der Waals surface area contributed by atoms with E-state index in [1.165, 1.54) is 12.0 Å². The highest BCUT2D eigenvalue weighted by molar-refractivity contribution is 5.24. The predicted molar refractivity (Wildman–Crippen MR) is 44.5 cm³/mol. The maximum atomic E-state index is 5.04. The summed E-state index contributed by atoms with van der Waals surface area (Å²) >= 11 is 0. The summed E-state index contributed by atoms with van der Waals surface area (Å²) in [4.78, 5) is 0. The Kier molecular flexibility index (Phi) is 2.03. The van der Waals surface area contributed by atoms with Crippen LogP contribution in [0.15, 0.2) is 34.6 Å². The molecule has 1 aromatic rings. The average Bonchev–Trinajstić information content (AvgIpc) is 2.59. The monoisotopic (exact) mass is 162 g/mol. The van der Waals surface area contributed by atoms with Crippen LogP contribution in [-0.4, -0.2) is 10.2 Å². The SMILES string of the molecule is C1=CC(Cc2nnco2)=CCC1. The van der Waals surface area contributed by atoms with E-state index in [-0.39, 0.29) is 0 Å². The molecule has 0 fully saturated rings. The molecular weight excluding hydrogens is 152 g/mol. The number of nitrogens with zero attached hydrogens (tertiary/aromatic N) is 2. The van der Waals surface area contributed by atoms with E-state index in [4.69, 9.17) is 4.42 Å². The van der Waals surface area contributed by atoms with Gasteiger partial charge in [-0.25, -0.2) is 0 Å². The molecule has 1 aliphatic rings. The second-order valence-electron chi connectivity index (χ2n) is 2.77. The lowest BCUT2D eigenvalue weighted by Gasteiger charge is -2.02. The second kappa shape index (κ2) is 3.34. The molecule has 0 bridgehead atoms. The van der Waals surface area contributed by atoms with Gasteiger partial charge in [0.2, 0.25) is 12.3 Å². The summed E-state index contributed by atoms with van der Waals surface area (Å²) in [5, 5.41) is 7.44. The van der Waals surface area contributed by atoms with Gasteiger partial charge in [-0.15, -0.1) is 10.2 Å². The summed E-state index contributed by atoms with van der Waals surface area (Å²) in [5.41, 5.74) is 1.27. The van der Waals surface area contributed by atoms with Gasteiger partial charge < -0.3 is 4.42 Å². The minimum absolute atomic E-state index is 0.688. The maximum Gasteiger partial charge on any atom is 0.220 e. The van der Waals surface area contributed by atoms with Crippen molar-refractivity contribution < 1.29 is 4.42 Å². The Labute approximate surface area is 70.8 Å². The van der Waals surface area contributed by atoms with Gasteiger partial charge in [-0.2, -0.15) is 0 Å². The number of aromatic nitrogens is 2. The van der Waals surface area contributed by atoms with Crippen LogP contribution in [0.25, 0.3) is 0 Å². The lowest BCUT2D eigenvalue weighted by atomic mass is 10.0. The Hall–Kier alpha value is -1.38. The molecule has 0 saturated carbocycles. The van der Waals surface area contributed by atoms with E-state index < -0.39 is 0 Å². The summed E-state index contributed by atoms with van der Waals surface area (Å²) in [6.07, 6.45) is 10.9. The van der Waals surface area contributed by atoms with Gasteiger partial charge >= 0.3 is 0 Å². The maximum absolute atomic E-state index is 5.04. The summed E-state index contributed by atoms with van der Waals surface area (Å²) in [6, 6.07) is 0. The topological polar surface area (TPSA) is 38.9 Å². The third-order valence-corrected chi connectivity index (χ3v) is 1.83. The van der Waals surface area contributed by atoms with Crippen LogP contribution in [-0.2, 0) is 6.42 Å². The molecule has 0 radical (unpaired) electrons.